The van der Waals surface area contributed by atoms with Gasteiger partial charge in [0.05, 0.1) is 38.6 Å². The van der Waals surface area contributed by atoms with Crippen molar-refractivity contribution in [3.8, 4) is 0 Å². The maximum atomic E-state index is 13.7. The minimum atomic E-state index is -4.07. The van der Waals surface area contributed by atoms with E-state index in [0.717, 1.165) is 8.98 Å². The minimum absolute atomic E-state index is 0.102. The largest absolute Gasteiger partial charge is 0.479 e. The fourth-order valence-electron chi connectivity index (χ4n) is 3.09. The molecule has 8 nitrogen and oxygen atoms in total. The predicted molar refractivity (Wildman–Crippen MR) is 114 cm³/mol. The van der Waals surface area contributed by atoms with Crippen LogP contribution in [0.25, 0.3) is 21.3 Å². The van der Waals surface area contributed by atoms with E-state index >= 15 is 0 Å². The van der Waals surface area contributed by atoms with Gasteiger partial charge in [-0.15, -0.1) is 11.3 Å². The molecule has 0 amide bonds. The lowest BCUT2D eigenvalue weighted by molar-refractivity contribution is -0.149. The summed E-state index contributed by atoms with van der Waals surface area (Å²) in [6.07, 6.45) is -1.11. The molecule has 0 bridgehead atoms. The van der Waals surface area contributed by atoms with Crippen molar-refractivity contribution in [3.05, 3.63) is 52.3 Å². The fourth-order valence-corrected chi connectivity index (χ4v) is 6.13. The van der Waals surface area contributed by atoms with Gasteiger partial charge in [0.1, 0.15) is 10.0 Å². The number of pyridine rings is 1. The number of ether oxygens (including phenoxy) is 1. The van der Waals surface area contributed by atoms with Gasteiger partial charge in [0, 0.05) is 0 Å². The highest BCUT2D eigenvalue weighted by molar-refractivity contribution is 7.90. The molecule has 0 saturated carbocycles. The summed E-state index contributed by atoms with van der Waals surface area (Å²) < 4.78 is 34.5. The standard InChI is InChI=1S/C19H16ClN3O5S2/c1-10(19(24)25)28-9-12-8-14-15(6-7-17(20)22-14)23(12)30(26,27)16-5-3-4-13-18(16)29-11(2)21-13/h3-8,10H,9H2,1-2H3,(H,24,25). The number of aliphatic carboxylic acids is 1. The molecule has 0 aliphatic carbocycles. The molecule has 156 valence electrons. The zero-order valence-corrected chi connectivity index (χ0v) is 18.3. The molecule has 0 aliphatic rings. The van der Waals surface area contributed by atoms with Crippen molar-refractivity contribution in [1.29, 1.82) is 0 Å². The molecule has 0 spiro atoms. The molecule has 3 aromatic heterocycles. The SMILES string of the molecule is Cc1nc2cccc(S(=O)(=O)n3c(COC(C)C(=O)O)cc4nc(Cl)ccc43)c2s1. The second-order valence-corrected chi connectivity index (χ2v) is 9.92. The number of hydrogen-bond donors (Lipinski definition) is 1. The maximum absolute atomic E-state index is 13.7. The zero-order chi connectivity index (χ0) is 21.6. The first-order chi connectivity index (χ1) is 14.2. The maximum Gasteiger partial charge on any atom is 0.332 e. The van der Waals surface area contributed by atoms with Crippen LogP contribution < -0.4 is 0 Å². The molecule has 30 heavy (non-hydrogen) atoms. The van der Waals surface area contributed by atoms with Crippen LogP contribution in [0.5, 0.6) is 0 Å². The number of nitrogens with zero attached hydrogens (tertiary/aromatic N) is 3. The minimum Gasteiger partial charge on any atom is -0.479 e. The van der Waals surface area contributed by atoms with E-state index in [1.807, 2.05) is 6.92 Å². The Bertz CT molecular complexity index is 1390. The zero-order valence-electron chi connectivity index (χ0n) is 15.9. The topological polar surface area (TPSA) is 111 Å². The Morgan fingerprint density at radius 1 is 1.27 bits per heavy atom. The molecular weight excluding hydrogens is 450 g/mol. The monoisotopic (exact) mass is 465 g/mol. The molecule has 1 N–H and O–H groups in total. The van der Waals surface area contributed by atoms with E-state index in [1.54, 1.807) is 18.2 Å². The van der Waals surface area contributed by atoms with Gasteiger partial charge in [-0.2, -0.15) is 0 Å². The van der Waals surface area contributed by atoms with Crippen LogP contribution >= 0.6 is 22.9 Å². The van der Waals surface area contributed by atoms with Gasteiger partial charge in [0.25, 0.3) is 10.0 Å². The number of aryl methyl sites for hydroxylation is 1. The van der Waals surface area contributed by atoms with Crippen LogP contribution in [0.15, 0.2) is 41.3 Å². The number of thiazole rings is 1. The van der Waals surface area contributed by atoms with Gasteiger partial charge >= 0.3 is 5.97 Å². The number of carboxylic acid groups (broad SMARTS) is 1. The average molecular weight is 466 g/mol. The number of carboxylic acids is 1. The van der Waals surface area contributed by atoms with Crippen molar-refractivity contribution >= 4 is 60.2 Å². The summed E-state index contributed by atoms with van der Waals surface area (Å²) >= 11 is 7.27. The Kier molecular flexibility index (Phi) is 5.27. The summed E-state index contributed by atoms with van der Waals surface area (Å²) in [5.41, 5.74) is 1.51. The van der Waals surface area contributed by atoms with Crippen LogP contribution in [0, 0.1) is 6.92 Å². The number of aromatic nitrogens is 3. The lowest BCUT2D eigenvalue weighted by atomic mass is 10.3. The van der Waals surface area contributed by atoms with Crippen molar-refractivity contribution in [3.63, 3.8) is 0 Å². The van der Waals surface area contributed by atoms with Crippen LogP contribution in [0.4, 0.5) is 0 Å². The quantitative estimate of drug-likeness (QED) is 0.430. The Balaban J connectivity index is 1.93. The van der Waals surface area contributed by atoms with Crippen LogP contribution in [-0.2, 0) is 26.2 Å². The Morgan fingerprint density at radius 3 is 2.77 bits per heavy atom. The second kappa shape index (κ2) is 7.62. The first kappa shape index (κ1) is 20.7. The van der Waals surface area contributed by atoms with Crippen molar-refractivity contribution < 1.29 is 23.1 Å². The van der Waals surface area contributed by atoms with Crippen molar-refractivity contribution in [2.75, 3.05) is 0 Å². The lowest BCUT2D eigenvalue weighted by Crippen LogP contribution is -2.22. The first-order valence-electron chi connectivity index (χ1n) is 8.81. The van der Waals surface area contributed by atoms with Crippen LogP contribution in [0.3, 0.4) is 0 Å². The van der Waals surface area contributed by atoms with Gasteiger partial charge in [0.2, 0.25) is 0 Å². The van der Waals surface area contributed by atoms with E-state index in [2.05, 4.69) is 9.97 Å². The van der Waals surface area contributed by atoms with E-state index in [0.29, 0.717) is 21.3 Å². The second-order valence-electron chi connectivity index (χ2n) is 6.57. The van der Waals surface area contributed by atoms with Crippen LogP contribution in [-0.4, -0.2) is 39.5 Å². The Hall–Kier alpha value is -2.53. The highest BCUT2D eigenvalue weighted by atomic mass is 35.5. The van der Waals surface area contributed by atoms with Gasteiger partial charge in [-0.05, 0) is 44.2 Å². The smallest absolute Gasteiger partial charge is 0.332 e. The molecule has 4 aromatic rings. The molecule has 3 heterocycles. The van der Waals surface area contributed by atoms with Crippen molar-refractivity contribution in [2.24, 2.45) is 0 Å². The molecule has 1 unspecified atom stereocenters. The normalized spacial score (nSPS) is 13.2. The van der Waals surface area contributed by atoms with Crippen LogP contribution in [0.1, 0.15) is 17.6 Å². The van der Waals surface area contributed by atoms with Crippen LogP contribution in [0.2, 0.25) is 5.15 Å². The number of hydrogen-bond acceptors (Lipinski definition) is 7. The van der Waals surface area contributed by atoms with Gasteiger partial charge in [-0.1, -0.05) is 17.7 Å². The van der Waals surface area contributed by atoms with E-state index < -0.39 is 22.1 Å². The van der Waals surface area contributed by atoms with E-state index in [-0.39, 0.29) is 22.3 Å². The summed E-state index contributed by atoms with van der Waals surface area (Å²) in [7, 11) is -4.07. The van der Waals surface area contributed by atoms with Crippen molar-refractivity contribution in [2.45, 2.75) is 31.5 Å². The summed E-state index contributed by atoms with van der Waals surface area (Å²) in [6, 6.07) is 9.51. The molecule has 0 saturated heterocycles. The number of halogens is 1. The third kappa shape index (κ3) is 3.56. The van der Waals surface area contributed by atoms with E-state index in [9.17, 15) is 13.2 Å². The van der Waals surface area contributed by atoms with Crippen molar-refractivity contribution in [1.82, 2.24) is 13.9 Å². The average Bonchev–Trinajstić information content (AvgIpc) is 3.24. The molecule has 0 fully saturated rings. The van der Waals surface area contributed by atoms with E-state index in [1.165, 1.54) is 36.5 Å². The molecule has 4 rings (SSSR count). The number of carbonyl (C=O) groups is 1. The van der Waals surface area contributed by atoms with Gasteiger partial charge < -0.3 is 9.84 Å². The first-order valence-corrected chi connectivity index (χ1v) is 11.4. The predicted octanol–water partition coefficient (Wildman–Crippen LogP) is 3.83. The van der Waals surface area contributed by atoms with Gasteiger partial charge in [-0.25, -0.2) is 27.2 Å². The molecule has 0 radical (unpaired) electrons. The lowest BCUT2D eigenvalue weighted by Gasteiger charge is -2.14. The molecule has 1 aromatic carbocycles. The number of benzene rings is 1. The highest BCUT2D eigenvalue weighted by Gasteiger charge is 2.27. The van der Waals surface area contributed by atoms with Gasteiger partial charge in [0.15, 0.2) is 6.10 Å². The summed E-state index contributed by atoms with van der Waals surface area (Å²) in [6.45, 7) is 2.95. The fraction of sp³-hybridized carbons (Fsp3) is 0.211. The Labute approximate surface area is 180 Å². The summed E-state index contributed by atoms with van der Waals surface area (Å²) in [5.74, 6) is -1.15. The summed E-state index contributed by atoms with van der Waals surface area (Å²) in [4.78, 5) is 19.8. The number of fused-ring (bicyclic) bond motifs is 2. The third-order valence-corrected chi connectivity index (χ3v) is 7.65. The summed E-state index contributed by atoms with van der Waals surface area (Å²) in [5, 5.41) is 10.0. The highest BCUT2D eigenvalue weighted by Crippen LogP contribution is 2.33. The molecule has 0 aliphatic heterocycles. The molecule has 11 heteroatoms. The molecule has 1 atom stereocenters. The van der Waals surface area contributed by atoms with E-state index in [4.69, 9.17) is 21.4 Å². The molecular formula is C19H16ClN3O5S2. The number of rotatable bonds is 6. The third-order valence-electron chi connectivity index (χ3n) is 4.48. The van der Waals surface area contributed by atoms with Gasteiger partial charge in [-0.3, -0.25) is 0 Å². The Morgan fingerprint density at radius 2 is 2.03 bits per heavy atom.